The Morgan fingerprint density at radius 3 is 2.90 bits per heavy atom. The number of nitrogens with two attached hydrogens (primary N) is 1. The van der Waals surface area contributed by atoms with Crippen LogP contribution < -0.4 is 5.73 Å². The first-order valence-electron chi connectivity index (χ1n) is 3.22. The summed E-state index contributed by atoms with van der Waals surface area (Å²) in [7, 11) is 0. The predicted molar refractivity (Wildman–Crippen MR) is 47.8 cm³/mol. The fourth-order valence-electron chi connectivity index (χ4n) is 0.797. The van der Waals surface area contributed by atoms with Gasteiger partial charge >= 0.3 is 0 Å². The van der Waals surface area contributed by atoms with E-state index < -0.39 is 0 Å². The number of hydrogen-bond donors (Lipinski definition) is 1. The summed E-state index contributed by atoms with van der Waals surface area (Å²) in [4.78, 5) is 0. The Balaban J connectivity index is 2.42. The molecule has 3 heteroatoms. The van der Waals surface area contributed by atoms with Gasteiger partial charge in [-0.2, -0.15) is 0 Å². The summed E-state index contributed by atoms with van der Waals surface area (Å²) >= 11 is 7.12. The second-order valence-electron chi connectivity index (χ2n) is 2.15. The van der Waals surface area contributed by atoms with Crippen molar-refractivity contribution in [1.82, 2.24) is 0 Å². The van der Waals surface area contributed by atoms with Crippen LogP contribution in [0.4, 0.5) is 5.00 Å². The summed E-state index contributed by atoms with van der Waals surface area (Å²) in [6, 6.07) is 2.01. The Kier molecular flexibility index (Phi) is 3.03. The lowest BCUT2D eigenvalue weighted by Crippen LogP contribution is -1.82. The van der Waals surface area contributed by atoms with Gasteiger partial charge in [0, 0.05) is 5.88 Å². The molecule has 0 radical (unpaired) electrons. The quantitative estimate of drug-likeness (QED) is 0.702. The molecule has 0 unspecified atom stereocenters. The van der Waals surface area contributed by atoms with Gasteiger partial charge in [-0.05, 0) is 29.9 Å². The first-order valence-corrected chi connectivity index (χ1v) is 4.63. The fourth-order valence-corrected chi connectivity index (χ4v) is 1.62. The van der Waals surface area contributed by atoms with Gasteiger partial charge in [0.25, 0.3) is 0 Å². The lowest BCUT2D eigenvalue weighted by Gasteiger charge is -1.90. The topological polar surface area (TPSA) is 26.0 Å². The molecule has 0 saturated carbocycles. The van der Waals surface area contributed by atoms with Gasteiger partial charge in [0.05, 0.1) is 5.00 Å². The molecule has 2 N–H and O–H groups in total. The molecule has 0 bridgehead atoms. The molecule has 0 aliphatic rings. The molecule has 10 heavy (non-hydrogen) atoms. The molecule has 0 spiro atoms. The van der Waals surface area contributed by atoms with Crippen molar-refractivity contribution in [3.63, 3.8) is 0 Å². The average Bonchev–Trinajstić information content (AvgIpc) is 2.31. The van der Waals surface area contributed by atoms with E-state index in [0.717, 1.165) is 23.7 Å². The normalized spacial score (nSPS) is 10.1. The highest BCUT2D eigenvalue weighted by molar-refractivity contribution is 7.14. The van der Waals surface area contributed by atoms with Crippen molar-refractivity contribution in [2.24, 2.45) is 0 Å². The molecule has 0 amide bonds. The molecule has 0 aromatic carbocycles. The predicted octanol–water partition coefficient (Wildman–Crippen LogP) is 2.50. The summed E-state index contributed by atoms with van der Waals surface area (Å²) in [5.41, 5.74) is 6.84. The lowest BCUT2D eigenvalue weighted by molar-refractivity contribution is 0.934. The van der Waals surface area contributed by atoms with E-state index in [-0.39, 0.29) is 0 Å². The van der Waals surface area contributed by atoms with E-state index in [1.807, 2.05) is 6.07 Å². The second kappa shape index (κ2) is 3.84. The number of anilines is 1. The van der Waals surface area contributed by atoms with Crippen LogP contribution >= 0.6 is 22.9 Å². The minimum atomic E-state index is 0.732. The van der Waals surface area contributed by atoms with Crippen molar-refractivity contribution in [2.45, 2.75) is 12.8 Å². The van der Waals surface area contributed by atoms with Gasteiger partial charge < -0.3 is 5.73 Å². The maximum absolute atomic E-state index is 5.54. The van der Waals surface area contributed by atoms with Crippen molar-refractivity contribution < 1.29 is 0 Å². The molecule has 1 rings (SSSR count). The molecule has 0 fully saturated rings. The van der Waals surface area contributed by atoms with Crippen LogP contribution in [0, 0.1) is 0 Å². The Hall–Kier alpha value is -0.210. The van der Waals surface area contributed by atoms with Gasteiger partial charge in [-0.25, -0.2) is 0 Å². The number of halogens is 1. The minimum Gasteiger partial charge on any atom is -0.391 e. The number of aryl methyl sites for hydroxylation is 1. The van der Waals surface area contributed by atoms with Crippen LogP contribution in [0.5, 0.6) is 0 Å². The summed E-state index contributed by atoms with van der Waals surface area (Å²) in [6.07, 6.45) is 2.09. The smallest absolute Gasteiger partial charge is 0.0859 e. The second-order valence-corrected chi connectivity index (χ2v) is 3.47. The number of nitrogen functional groups attached to an aromatic ring is 1. The molecule has 1 nitrogen and oxygen atoms in total. The van der Waals surface area contributed by atoms with Gasteiger partial charge in [0.2, 0.25) is 0 Å². The third kappa shape index (κ3) is 2.20. The zero-order valence-corrected chi connectivity index (χ0v) is 7.21. The van der Waals surface area contributed by atoms with E-state index in [2.05, 4.69) is 5.38 Å². The maximum atomic E-state index is 5.54. The molecular formula is C7H10ClNS. The standard InChI is InChI=1S/C7H10ClNS/c8-3-1-2-6-4-7(9)10-5-6/h4-5H,1-3,9H2. The number of thiophene rings is 1. The maximum Gasteiger partial charge on any atom is 0.0859 e. The van der Waals surface area contributed by atoms with E-state index in [1.165, 1.54) is 5.56 Å². The zero-order valence-electron chi connectivity index (χ0n) is 5.64. The van der Waals surface area contributed by atoms with Crippen LogP contribution in [-0.2, 0) is 6.42 Å². The van der Waals surface area contributed by atoms with Crippen molar-refractivity contribution >= 4 is 27.9 Å². The van der Waals surface area contributed by atoms with E-state index in [1.54, 1.807) is 11.3 Å². The van der Waals surface area contributed by atoms with Crippen molar-refractivity contribution in [3.05, 3.63) is 17.0 Å². The minimum absolute atomic E-state index is 0.732. The number of alkyl halides is 1. The summed E-state index contributed by atoms with van der Waals surface area (Å²) in [5.74, 6) is 0.732. The van der Waals surface area contributed by atoms with Crippen molar-refractivity contribution in [2.75, 3.05) is 11.6 Å². The molecule has 1 heterocycles. The van der Waals surface area contributed by atoms with Crippen LogP contribution in [0.2, 0.25) is 0 Å². The SMILES string of the molecule is Nc1cc(CCCCl)cs1. The van der Waals surface area contributed by atoms with Crippen molar-refractivity contribution in [1.29, 1.82) is 0 Å². The van der Waals surface area contributed by atoms with Crippen LogP contribution in [0.15, 0.2) is 11.4 Å². The summed E-state index contributed by atoms with van der Waals surface area (Å²) in [5, 5.41) is 2.98. The van der Waals surface area contributed by atoms with Crippen LogP contribution in [0.3, 0.4) is 0 Å². The molecule has 0 aliphatic carbocycles. The lowest BCUT2D eigenvalue weighted by atomic mass is 10.2. The van der Waals surface area contributed by atoms with Crippen LogP contribution in [-0.4, -0.2) is 5.88 Å². The highest BCUT2D eigenvalue weighted by Crippen LogP contribution is 2.17. The van der Waals surface area contributed by atoms with E-state index >= 15 is 0 Å². The van der Waals surface area contributed by atoms with Gasteiger partial charge in [-0.15, -0.1) is 22.9 Å². The third-order valence-corrected chi connectivity index (χ3v) is 2.35. The Labute approximate surface area is 69.8 Å². The van der Waals surface area contributed by atoms with Crippen LogP contribution in [0.1, 0.15) is 12.0 Å². The molecular weight excluding hydrogens is 166 g/mol. The first-order chi connectivity index (χ1) is 4.83. The first kappa shape index (κ1) is 7.89. The number of hydrogen-bond acceptors (Lipinski definition) is 2. The number of rotatable bonds is 3. The monoisotopic (exact) mass is 175 g/mol. The largest absolute Gasteiger partial charge is 0.391 e. The van der Waals surface area contributed by atoms with E-state index in [9.17, 15) is 0 Å². The zero-order chi connectivity index (χ0) is 7.40. The third-order valence-electron chi connectivity index (χ3n) is 1.27. The van der Waals surface area contributed by atoms with E-state index in [4.69, 9.17) is 17.3 Å². The summed E-state index contributed by atoms with van der Waals surface area (Å²) < 4.78 is 0. The molecule has 1 aromatic heterocycles. The Morgan fingerprint density at radius 2 is 2.40 bits per heavy atom. The van der Waals surface area contributed by atoms with Gasteiger partial charge in [0.15, 0.2) is 0 Å². The Bertz CT molecular complexity index is 197. The Morgan fingerprint density at radius 1 is 1.60 bits per heavy atom. The molecule has 0 saturated heterocycles. The molecule has 0 aliphatic heterocycles. The van der Waals surface area contributed by atoms with Crippen LogP contribution in [0.25, 0.3) is 0 Å². The molecule has 56 valence electrons. The fraction of sp³-hybridized carbons (Fsp3) is 0.429. The highest BCUT2D eigenvalue weighted by Gasteiger charge is 1.94. The van der Waals surface area contributed by atoms with Gasteiger partial charge in [0.1, 0.15) is 0 Å². The van der Waals surface area contributed by atoms with Gasteiger partial charge in [-0.3, -0.25) is 0 Å². The van der Waals surface area contributed by atoms with Gasteiger partial charge in [-0.1, -0.05) is 0 Å². The highest BCUT2D eigenvalue weighted by atomic mass is 35.5. The average molecular weight is 176 g/mol. The molecule has 1 aromatic rings. The van der Waals surface area contributed by atoms with Crippen molar-refractivity contribution in [3.8, 4) is 0 Å². The molecule has 0 atom stereocenters. The summed E-state index contributed by atoms with van der Waals surface area (Å²) in [6.45, 7) is 0. The van der Waals surface area contributed by atoms with E-state index in [0.29, 0.717) is 0 Å².